The van der Waals surface area contributed by atoms with Gasteiger partial charge in [-0.05, 0) is 38.6 Å². The highest BCUT2D eigenvalue weighted by Gasteiger charge is 2.40. The van der Waals surface area contributed by atoms with Crippen LogP contribution in [0.5, 0.6) is 0 Å². The fourth-order valence-corrected chi connectivity index (χ4v) is 3.53. The number of nitrogens with two attached hydrogens (primary N) is 1. The predicted octanol–water partition coefficient (Wildman–Crippen LogP) is -0.0254. The van der Waals surface area contributed by atoms with Crippen LogP contribution in [0.3, 0.4) is 0 Å². The molecule has 120 valence electrons. The van der Waals surface area contributed by atoms with Crippen LogP contribution < -0.4 is 16.4 Å². The van der Waals surface area contributed by atoms with Crippen molar-refractivity contribution in [2.75, 3.05) is 26.2 Å². The molecule has 2 aliphatic heterocycles. The lowest BCUT2D eigenvalue weighted by molar-refractivity contribution is -0.128. The smallest absolute Gasteiger partial charge is 0.240 e. The van der Waals surface area contributed by atoms with Gasteiger partial charge >= 0.3 is 0 Å². The van der Waals surface area contributed by atoms with Crippen molar-refractivity contribution < 1.29 is 9.59 Å². The highest BCUT2D eigenvalue weighted by Crippen LogP contribution is 2.25. The molecular formula is C15H28N4O2. The topological polar surface area (TPSA) is 87.5 Å². The lowest BCUT2D eigenvalue weighted by Crippen LogP contribution is -2.57. The third kappa shape index (κ3) is 4.17. The van der Waals surface area contributed by atoms with E-state index in [4.69, 9.17) is 5.73 Å². The second-order valence-electron chi connectivity index (χ2n) is 6.35. The van der Waals surface area contributed by atoms with Gasteiger partial charge in [0.1, 0.15) is 0 Å². The minimum Gasteiger partial charge on any atom is -0.369 e. The molecule has 1 unspecified atom stereocenters. The molecular weight excluding hydrogens is 268 g/mol. The van der Waals surface area contributed by atoms with Crippen LogP contribution in [0.15, 0.2) is 0 Å². The molecule has 0 radical (unpaired) electrons. The second-order valence-corrected chi connectivity index (χ2v) is 6.35. The van der Waals surface area contributed by atoms with E-state index in [2.05, 4.69) is 22.5 Å². The summed E-state index contributed by atoms with van der Waals surface area (Å²) in [6.07, 6.45) is 5.71. The zero-order valence-corrected chi connectivity index (χ0v) is 13.0. The van der Waals surface area contributed by atoms with Crippen molar-refractivity contribution in [2.45, 2.75) is 57.0 Å². The Hall–Kier alpha value is -1.14. The molecule has 2 fully saturated rings. The van der Waals surface area contributed by atoms with Crippen LogP contribution in [0.25, 0.3) is 0 Å². The fourth-order valence-electron chi connectivity index (χ4n) is 3.53. The number of rotatable bonds is 6. The third-order valence-electron chi connectivity index (χ3n) is 4.66. The van der Waals surface area contributed by atoms with Crippen molar-refractivity contribution in [1.29, 1.82) is 0 Å². The number of likely N-dealkylation sites (tertiary alicyclic amines) is 1. The van der Waals surface area contributed by atoms with Gasteiger partial charge in [0.2, 0.25) is 11.8 Å². The number of nitrogens with zero attached hydrogens (tertiary/aromatic N) is 1. The summed E-state index contributed by atoms with van der Waals surface area (Å²) in [5, 5.41) is 6.63. The molecule has 0 aromatic carbocycles. The number of amides is 2. The van der Waals surface area contributed by atoms with Crippen LogP contribution in [0.4, 0.5) is 0 Å². The van der Waals surface area contributed by atoms with Gasteiger partial charge in [0.25, 0.3) is 0 Å². The monoisotopic (exact) mass is 296 g/mol. The molecule has 0 aromatic heterocycles. The van der Waals surface area contributed by atoms with E-state index in [0.717, 1.165) is 58.2 Å². The van der Waals surface area contributed by atoms with Gasteiger partial charge in [0.15, 0.2) is 0 Å². The van der Waals surface area contributed by atoms with E-state index in [9.17, 15) is 9.59 Å². The van der Waals surface area contributed by atoms with E-state index in [-0.39, 0.29) is 23.4 Å². The summed E-state index contributed by atoms with van der Waals surface area (Å²) in [6, 6.07) is 0.220. The molecule has 4 N–H and O–H groups in total. The van der Waals surface area contributed by atoms with Crippen molar-refractivity contribution >= 4 is 11.8 Å². The van der Waals surface area contributed by atoms with E-state index < -0.39 is 0 Å². The van der Waals surface area contributed by atoms with Gasteiger partial charge in [-0.15, -0.1) is 0 Å². The SMILES string of the molecule is CCCC1(C(=O)NC2CCN(CC(N)=O)CC2)CCCN1. The van der Waals surface area contributed by atoms with Crippen LogP contribution in [-0.2, 0) is 9.59 Å². The van der Waals surface area contributed by atoms with Crippen LogP contribution >= 0.6 is 0 Å². The first-order valence-electron chi connectivity index (χ1n) is 8.12. The Labute approximate surface area is 126 Å². The summed E-state index contributed by atoms with van der Waals surface area (Å²) >= 11 is 0. The maximum Gasteiger partial charge on any atom is 0.240 e. The Balaban J connectivity index is 1.82. The number of hydrogen-bond donors (Lipinski definition) is 3. The molecule has 6 nitrogen and oxygen atoms in total. The minimum absolute atomic E-state index is 0.162. The molecule has 0 bridgehead atoms. The first-order valence-corrected chi connectivity index (χ1v) is 8.12. The number of carbonyl (C=O) groups is 2. The zero-order valence-electron chi connectivity index (χ0n) is 13.0. The predicted molar refractivity (Wildman–Crippen MR) is 81.7 cm³/mol. The maximum atomic E-state index is 12.6. The Morgan fingerprint density at radius 1 is 1.38 bits per heavy atom. The largest absolute Gasteiger partial charge is 0.369 e. The second kappa shape index (κ2) is 7.22. The zero-order chi connectivity index (χ0) is 15.3. The van der Waals surface area contributed by atoms with E-state index in [0.29, 0.717) is 6.54 Å². The molecule has 2 saturated heterocycles. The van der Waals surface area contributed by atoms with Gasteiger partial charge < -0.3 is 16.4 Å². The summed E-state index contributed by atoms with van der Waals surface area (Å²) in [5.74, 6) is -0.121. The van der Waals surface area contributed by atoms with Crippen molar-refractivity contribution in [2.24, 2.45) is 5.73 Å². The average Bonchev–Trinajstić information content (AvgIpc) is 2.91. The summed E-state index contributed by atoms with van der Waals surface area (Å²) in [7, 11) is 0. The minimum atomic E-state index is -0.348. The number of piperidine rings is 1. The Morgan fingerprint density at radius 2 is 2.10 bits per heavy atom. The quantitative estimate of drug-likeness (QED) is 0.642. The van der Waals surface area contributed by atoms with E-state index >= 15 is 0 Å². The molecule has 2 amide bonds. The van der Waals surface area contributed by atoms with E-state index in [1.165, 1.54) is 0 Å². The van der Waals surface area contributed by atoms with Gasteiger partial charge in [-0.3, -0.25) is 14.5 Å². The Morgan fingerprint density at radius 3 is 2.62 bits per heavy atom. The summed E-state index contributed by atoms with van der Waals surface area (Å²) < 4.78 is 0. The molecule has 2 aliphatic rings. The average molecular weight is 296 g/mol. The van der Waals surface area contributed by atoms with Gasteiger partial charge in [-0.25, -0.2) is 0 Å². The van der Waals surface area contributed by atoms with Crippen molar-refractivity contribution in [3.63, 3.8) is 0 Å². The molecule has 2 heterocycles. The van der Waals surface area contributed by atoms with Gasteiger partial charge in [0.05, 0.1) is 12.1 Å². The van der Waals surface area contributed by atoms with E-state index in [1.807, 2.05) is 0 Å². The van der Waals surface area contributed by atoms with Crippen LogP contribution in [0, 0.1) is 0 Å². The molecule has 1 atom stereocenters. The molecule has 6 heteroatoms. The highest BCUT2D eigenvalue weighted by atomic mass is 16.2. The Bertz CT molecular complexity index is 372. The fraction of sp³-hybridized carbons (Fsp3) is 0.867. The number of nitrogens with one attached hydrogen (secondary N) is 2. The van der Waals surface area contributed by atoms with Crippen molar-refractivity contribution in [1.82, 2.24) is 15.5 Å². The van der Waals surface area contributed by atoms with Crippen LogP contribution in [0.2, 0.25) is 0 Å². The normalized spacial score (nSPS) is 27.7. The summed E-state index contributed by atoms with van der Waals surface area (Å²) in [4.78, 5) is 25.6. The maximum absolute atomic E-state index is 12.6. The molecule has 0 aliphatic carbocycles. The Kier molecular flexibility index (Phi) is 5.58. The lowest BCUT2D eigenvalue weighted by Gasteiger charge is -2.35. The van der Waals surface area contributed by atoms with Gasteiger partial charge in [0, 0.05) is 19.1 Å². The molecule has 2 rings (SSSR count). The van der Waals surface area contributed by atoms with E-state index in [1.54, 1.807) is 0 Å². The van der Waals surface area contributed by atoms with Crippen molar-refractivity contribution in [3.05, 3.63) is 0 Å². The van der Waals surface area contributed by atoms with Gasteiger partial charge in [-0.1, -0.05) is 13.3 Å². The number of carbonyl (C=O) groups excluding carboxylic acids is 2. The summed E-state index contributed by atoms with van der Waals surface area (Å²) in [6.45, 7) is 5.02. The lowest BCUT2D eigenvalue weighted by atomic mass is 9.90. The standard InChI is InChI=1S/C15H28N4O2/c1-2-6-15(7-3-8-17-15)14(21)18-12-4-9-19(10-5-12)11-13(16)20/h12,17H,2-11H2,1H3,(H2,16,20)(H,18,21). The molecule has 21 heavy (non-hydrogen) atoms. The first kappa shape index (κ1) is 16.2. The molecule has 0 aromatic rings. The molecule has 0 saturated carbocycles. The highest BCUT2D eigenvalue weighted by molar-refractivity contribution is 5.87. The number of primary amides is 1. The summed E-state index contributed by atoms with van der Waals surface area (Å²) in [5.41, 5.74) is 4.87. The molecule has 0 spiro atoms. The first-order chi connectivity index (χ1) is 10.1. The number of hydrogen-bond acceptors (Lipinski definition) is 4. The van der Waals surface area contributed by atoms with Crippen LogP contribution in [0.1, 0.15) is 45.4 Å². The van der Waals surface area contributed by atoms with Crippen LogP contribution in [-0.4, -0.2) is 54.5 Å². The third-order valence-corrected chi connectivity index (χ3v) is 4.66. The van der Waals surface area contributed by atoms with Crippen molar-refractivity contribution in [3.8, 4) is 0 Å². The van der Waals surface area contributed by atoms with Gasteiger partial charge in [-0.2, -0.15) is 0 Å².